The van der Waals surface area contributed by atoms with Gasteiger partial charge in [-0.2, -0.15) is 5.26 Å². The third-order valence-electron chi connectivity index (χ3n) is 1.64. The number of hydrogen-bond acceptors (Lipinski definition) is 4. The average molecular weight is 237 g/mol. The summed E-state index contributed by atoms with van der Waals surface area (Å²) in [6.45, 7) is 1.63. The van der Waals surface area contributed by atoms with Crippen LogP contribution in [0.5, 0.6) is 0 Å². The smallest absolute Gasteiger partial charge is 0.255 e. The number of nitrogens with one attached hydrogen (secondary N) is 1. The van der Waals surface area contributed by atoms with Crippen molar-refractivity contribution in [3.63, 3.8) is 0 Å². The third-order valence-corrected chi connectivity index (χ3v) is 1.77. The second kappa shape index (κ2) is 5.83. The van der Waals surface area contributed by atoms with Gasteiger partial charge in [-0.1, -0.05) is 11.6 Å². The summed E-state index contributed by atoms with van der Waals surface area (Å²) in [6, 6.07) is 1.14. The van der Waals surface area contributed by atoms with Gasteiger partial charge in [-0.25, -0.2) is 9.97 Å². The molecular formula is C10H9ClN4O. The number of nitrogens with zero attached hydrogens (tertiary/aromatic N) is 3. The van der Waals surface area contributed by atoms with E-state index in [1.807, 2.05) is 6.07 Å². The highest BCUT2D eigenvalue weighted by molar-refractivity contribution is 6.29. The largest absolute Gasteiger partial charge is 0.333 e. The predicted molar refractivity (Wildman–Crippen MR) is 58.5 cm³/mol. The van der Waals surface area contributed by atoms with E-state index in [0.717, 1.165) is 0 Å². The molecule has 0 aliphatic rings. The summed E-state index contributed by atoms with van der Waals surface area (Å²) in [4.78, 5) is 19.0. The summed E-state index contributed by atoms with van der Waals surface area (Å²) in [5, 5.41) is 11.7. The van der Waals surface area contributed by atoms with Gasteiger partial charge in [0.25, 0.3) is 5.91 Å². The molecule has 1 aromatic rings. The lowest BCUT2D eigenvalue weighted by Crippen LogP contribution is -2.32. The van der Waals surface area contributed by atoms with Gasteiger partial charge in [0.1, 0.15) is 12.4 Å². The van der Waals surface area contributed by atoms with E-state index in [1.54, 1.807) is 6.92 Å². The molecule has 0 spiro atoms. The van der Waals surface area contributed by atoms with E-state index in [4.69, 9.17) is 16.9 Å². The summed E-state index contributed by atoms with van der Waals surface area (Å²) in [6.07, 6.45) is 5.51. The molecule has 0 bridgehead atoms. The van der Waals surface area contributed by atoms with Crippen LogP contribution in [0.1, 0.15) is 17.3 Å². The normalized spacial score (nSPS) is 12.7. The Morgan fingerprint density at radius 1 is 1.62 bits per heavy atom. The Morgan fingerprint density at radius 3 is 2.75 bits per heavy atom. The van der Waals surface area contributed by atoms with Crippen molar-refractivity contribution in [2.24, 2.45) is 0 Å². The molecule has 0 saturated carbocycles. The molecule has 1 atom stereocenters. The second-order valence-electron chi connectivity index (χ2n) is 2.96. The fraction of sp³-hybridized carbons (Fsp3) is 0.200. The number of nitriles is 1. The van der Waals surface area contributed by atoms with E-state index in [1.165, 1.54) is 24.8 Å². The zero-order chi connectivity index (χ0) is 12.0. The highest BCUT2D eigenvalue weighted by Gasteiger charge is 2.11. The molecule has 5 nitrogen and oxygen atoms in total. The molecule has 0 aliphatic heterocycles. The van der Waals surface area contributed by atoms with Gasteiger partial charge in [-0.15, -0.1) is 0 Å². The molecule has 0 radical (unpaired) electrons. The maximum atomic E-state index is 11.6. The maximum Gasteiger partial charge on any atom is 0.255 e. The molecule has 1 unspecified atom stereocenters. The van der Waals surface area contributed by atoms with Crippen LogP contribution in [-0.4, -0.2) is 21.9 Å². The van der Waals surface area contributed by atoms with Crippen molar-refractivity contribution in [3.05, 3.63) is 35.4 Å². The summed E-state index contributed by atoms with van der Waals surface area (Å²) in [5.41, 5.74) is 0.295. The Balaban J connectivity index is 2.72. The standard InChI is InChI=1S/C10H9ClN4O/c1-7(11)2-9(3-12)15-10(16)8-4-13-6-14-5-8/h2,4-6,9H,1H3,(H,15,16)/b7-2-. The molecule has 0 fully saturated rings. The lowest BCUT2D eigenvalue weighted by molar-refractivity contribution is 0.0950. The van der Waals surface area contributed by atoms with Crippen molar-refractivity contribution < 1.29 is 4.79 Å². The molecule has 1 rings (SSSR count). The summed E-state index contributed by atoms with van der Waals surface area (Å²) in [5.74, 6) is -0.415. The molecular weight excluding hydrogens is 228 g/mol. The molecule has 16 heavy (non-hydrogen) atoms. The fourth-order valence-electron chi connectivity index (χ4n) is 0.982. The maximum absolute atomic E-state index is 11.6. The fourth-order valence-corrected chi connectivity index (χ4v) is 1.11. The van der Waals surface area contributed by atoms with E-state index in [0.29, 0.717) is 10.6 Å². The first-order chi connectivity index (χ1) is 7.63. The zero-order valence-electron chi connectivity index (χ0n) is 8.51. The van der Waals surface area contributed by atoms with Crippen molar-refractivity contribution in [1.82, 2.24) is 15.3 Å². The molecule has 1 heterocycles. The summed E-state index contributed by atoms with van der Waals surface area (Å²) >= 11 is 5.61. The SMILES string of the molecule is C/C(Cl)=C/C(C#N)NC(=O)c1cncnc1. The quantitative estimate of drug-likeness (QED) is 0.857. The minimum atomic E-state index is -0.759. The minimum absolute atomic E-state index is 0.295. The molecule has 6 heteroatoms. The van der Waals surface area contributed by atoms with E-state index >= 15 is 0 Å². The number of amides is 1. The van der Waals surface area contributed by atoms with Crippen molar-refractivity contribution in [2.45, 2.75) is 13.0 Å². The van der Waals surface area contributed by atoms with Gasteiger partial charge in [-0.3, -0.25) is 4.79 Å². The molecule has 1 aromatic heterocycles. The number of carbonyl (C=O) groups is 1. The van der Waals surface area contributed by atoms with Crippen LogP contribution in [0.3, 0.4) is 0 Å². The minimum Gasteiger partial charge on any atom is -0.333 e. The lowest BCUT2D eigenvalue weighted by atomic mass is 10.2. The average Bonchev–Trinajstić information content (AvgIpc) is 2.28. The second-order valence-corrected chi connectivity index (χ2v) is 3.56. The van der Waals surface area contributed by atoms with Gasteiger partial charge in [0.15, 0.2) is 0 Å². The van der Waals surface area contributed by atoms with Crippen LogP contribution >= 0.6 is 11.6 Å². The Kier molecular flexibility index (Phi) is 4.42. The van der Waals surface area contributed by atoms with E-state index in [9.17, 15) is 4.79 Å². The van der Waals surface area contributed by atoms with Crippen LogP contribution < -0.4 is 5.32 Å². The van der Waals surface area contributed by atoms with Gasteiger partial charge in [0.2, 0.25) is 0 Å². The number of halogens is 1. The number of rotatable bonds is 3. The number of carbonyl (C=O) groups excluding carboxylic acids is 1. The van der Waals surface area contributed by atoms with Crippen LogP contribution in [0.15, 0.2) is 29.8 Å². The highest BCUT2D eigenvalue weighted by atomic mass is 35.5. The molecule has 1 N–H and O–H groups in total. The first kappa shape index (κ1) is 12.1. The van der Waals surface area contributed by atoms with Crippen LogP contribution in [-0.2, 0) is 0 Å². The van der Waals surface area contributed by atoms with Gasteiger partial charge < -0.3 is 5.32 Å². The van der Waals surface area contributed by atoms with Gasteiger partial charge in [0, 0.05) is 17.4 Å². The van der Waals surface area contributed by atoms with Gasteiger partial charge >= 0.3 is 0 Å². The topological polar surface area (TPSA) is 78.7 Å². The number of aromatic nitrogens is 2. The van der Waals surface area contributed by atoms with Gasteiger partial charge in [0.05, 0.1) is 11.6 Å². The van der Waals surface area contributed by atoms with Crippen LogP contribution in [0.4, 0.5) is 0 Å². The summed E-state index contributed by atoms with van der Waals surface area (Å²) < 4.78 is 0. The number of hydrogen-bond donors (Lipinski definition) is 1. The van der Waals surface area contributed by atoms with Crippen LogP contribution in [0.25, 0.3) is 0 Å². The third kappa shape index (κ3) is 3.67. The highest BCUT2D eigenvalue weighted by Crippen LogP contribution is 2.01. The van der Waals surface area contributed by atoms with Crippen molar-refractivity contribution in [2.75, 3.05) is 0 Å². The predicted octanol–water partition coefficient (Wildman–Crippen LogP) is 1.24. The Morgan fingerprint density at radius 2 is 2.25 bits per heavy atom. The molecule has 1 amide bonds. The van der Waals surface area contributed by atoms with Crippen molar-refractivity contribution in [1.29, 1.82) is 5.26 Å². The molecule has 0 aromatic carbocycles. The Hall–Kier alpha value is -1.93. The number of allylic oxidation sites excluding steroid dienone is 1. The zero-order valence-corrected chi connectivity index (χ0v) is 9.27. The molecule has 0 saturated heterocycles. The van der Waals surface area contributed by atoms with E-state index in [2.05, 4.69) is 15.3 Å². The van der Waals surface area contributed by atoms with Gasteiger partial charge in [-0.05, 0) is 13.0 Å². The van der Waals surface area contributed by atoms with Crippen molar-refractivity contribution >= 4 is 17.5 Å². The first-order valence-electron chi connectivity index (χ1n) is 4.43. The van der Waals surface area contributed by atoms with Crippen LogP contribution in [0, 0.1) is 11.3 Å². The summed E-state index contributed by atoms with van der Waals surface area (Å²) in [7, 11) is 0. The lowest BCUT2D eigenvalue weighted by Gasteiger charge is -2.06. The van der Waals surface area contributed by atoms with E-state index in [-0.39, 0.29) is 0 Å². The Labute approximate surface area is 97.8 Å². The molecule has 0 aliphatic carbocycles. The first-order valence-corrected chi connectivity index (χ1v) is 4.80. The Bertz CT molecular complexity index is 434. The van der Waals surface area contributed by atoms with Crippen molar-refractivity contribution in [3.8, 4) is 6.07 Å². The van der Waals surface area contributed by atoms with Crippen LogP contribution in [0.2, 0.25) is 0 Å². The van der Waals surface area contributed by atoms with E-state index < -0.39 is 11.9 Å². The molecule has 82 valence electrons. The monoisotopic (exact) mass is 236 g/mol.